The molecule has 1 amide bonds. The van der Waals surface area contributed by atoms with Crippen LogP contribution in [0.1, 0.15) is 25.7 Å². The summed E-state index contributed by atoms with van der Waals surface area (Å²) in [6, 6.07) is 1.63. The molecule has 0 aromatic carbocycles. The van der Waals surface area contributed by atoms with Crippen LogP contribution < -0.4 is 0 Å². The number of amides is 1. The van der Waals surface area contributed by atoms with Gasteiger partial charge in [0.2, 0.25) is 0 Å². The molecule has 0 bridgehead atoms. The van der Waals surface area contributed by atoms with Crippen molar-refractivity contribution in [2.75, 3.05) is 19.8 Å². The molecular formula is C13H21N2O5P. The number of carbonyl (C=O) groups is 1. The van der Waals surface area contributed by atoms with Crippen molar-refractivity contribution < 1.29 is 23.9 Å². The average Bonchev–Trinajstić information content (AvgIpc) is 2.43. The summed E-state index contributed by atoms with van der Waals surface area (Å²) in [4.78, 5) is 31.4. The number of nitrogens with zero attached hydrogens (tertiary/aromatic N) is 2. The van der Waals surface area contributed by atoms with E-state index in [1.807, 2.05) is 0 Å². The molecule has 1 saturated carbocycles. The minimum Gasteiger partial charge on any atom is -0.453 e. The number of methoxy groups -OCH3 is 1. The van der Waals surface area contributed by atoms with Crippen molar-refractivity contribution in [3.05, 3.63) is 0 Å². The summed E-state index contributed by atoms with van der Waals surface area (Å²) in [5, 5.41) is 9.22. The van der Waals surface area contributed by atoms with Gasteiger partial charge in [0.25, 0.3) is 0 Å². The number of carbonyl (C=O) groups excluding carboxylic acids is 1. The molecule has 0 spiro atoms. The van der Waals surface area contributed by atoms with Crippen molar-refractivity contribution in [3.8, 4) is 6.07 Å². The van der Waals surface area contributed by atoms with E-state index in [4.69, 9.17) is 14.5 Å². The van der Waals surface area contributed by atoms with Crippen molar-refractivity contribution in [2.24, 2.45) is 17.8 Å². The van der Waals surface area contributed by atoms with Gasteiger partial charge in [0.05, 0.1) is 19.3 Å². The van der Waals surface area contributed by atoms with Crippen LogP contribution in [0, 0.1) is 29.1 Å². The molecule has 21 heavy (non-hydrogen) atoms. The molecular weight excluding hydrogens is 295 g/mol. The Morgan fingerprint density at radius 2 is 2.10 bits per heavy atom. The Labute approximate surface area is 124 Å². The van der Waals surface area contributed by atoms with E-state index in [-0.39, 0.29) is 18.0 Å². The number of nitriles is 1. The van der Waals surface area contributed by atoms with Gasteiger partial charge in [0.15, 0.2) is 0 Å². The normalized spacial score (nSPS) is 33.0. The van der Waals surface area contributed by atoms with E-state index < -0.39 is 19.7 Å². The summed E-state index contributed by atoms with van der Waals surface area (Å²) >= 11 is 0. The highest BCUT2D eigenvalue weighted by Gasteiger charge is 2.42. The number of fused-ring (bicyclic) bond motifs is 1. The average molecular weight is 316 g/mol. The molecule has 8 heteroatoms. The zero-order chi connectivity index (χ0) is 15.6. The third-order valence-corrected chi connectivity index (χ3v) is 5.63. The number of rotatable bonds is 2. The zero-order valence-electron chi connectivity index (χ0n) is 12.0. The maximum Gasteiger partial charge on any atom is 0.410 e. The first-order valence-electron chi connectivity index (χ1n) is 7.12. The summed E-state index contributed by atoms with van der Waals surface area (Å²) in [5.41, 5.74) is 0. The molecule has 1 heterocycles. The molecule has 1 aliphatic carbocycles. The molecule has 7 nitrogen and oxygen atoms in total. The second-order valence-electron chi connectivity index (χ2n) is 6.05. The fourth-order valence-electron chi connectivity index (χ4n) is 3.69. The van der Waals surface area contributed by atoms with Crippen LogP contribution in [0.5, 0.6) is 0 Å². The smallest absolute Gasteiger partial charge is 0.410 e. The quantitative estimate of drug-likeness (QED) is 0.748. The van der Waals surface area contributed by atoms with Crippen molar-refractivity contribution in [1.29, 1.82) is 5.26 Å². The van der Waals surface area contributed by atoms with E-state index >= 15 is 0 Å². The Bertz CT molecular complexity index is 485. The molecule has 2 fully saturated rings. The number of hydrogen-bond acceptors (Lipinski definition) is 4. The highest BCUT2D eigenvalue weighted by Crippen LogP contribution is 2.46. The first-order chi connectivity index (χ1) is 9.84. The highest BCUT2D eigenvalue weighted by molar-refractivity contribution is 7.51. The fourth-order valence-corrected chi connectivity index (χ4v) is 4.69. The van der Waals surface area contributed by atoms with Gasteiger partial charge < -0.3 is 14.5 Å². The van der Waals surface area contributed by atoms with Crippen LogP contribution in [0.25, 0.3) is 0 Å². The van der Waals surface area contributed by atoms with Gasteiger partial charge in [0, 0.05) is 6.54 Å². The first kappa shape index (κ1) is 16.3. The van der Waals surface area contributed by atoms with Gasteiger partial charge in [-0.25, -0.2) is 4.79 Å². The highest BCUT2D eigenvalue weighted by atomic mass is 31.2. The number of hydrogen-bond donors (Lipinski definition) is 2. The minimum absolute atomic E-state index is 0.0103. The summed E-state index contributed by atoms with van der Waals surface area (Å²) in [6.07, 6.45) is 2.34. The Kier molecular flexibility index (Phi) is 4.92. The monoisotopic (exact) mass is 316 g/mol. The van der Waals surface area contributed by atoms with Crippen LogP contribution in [-0.4, -0.2) is 46.6 Å². The van der Waals surface area contributed by atoms with E-state index in [0.717, 1.165) is 19.3 Å². The predicted molar refractivity (Wildman–Crippen MR) is 74.4 cm³/mol. The fraction of sp³-hybridized carbons (Fsp3) is 0.846. The van der Waals surface area contributed by atoms with Gasteiger partial charge in [-0.3, -0.25) is 9.46 Å². The van der Waals surface area contributed by atoms with Crippen LogP contribution >= 0.6 is 7.60 Å². The molecule has 1 aliphatic heterocycles. The Balaban J connectivity index is 2.02. The van der Waals surface area contributed by atoms with E-state index in [2.05, 4.69) is 6.07 Å². The first-order valence-corrected chi connectivity index (χ1v) is 8.92. The molecule has 0 aromatic heterocycles. The maximum absolute atomic E-state index is 11.7. The van der Waals surface area contributed by atoms with Crippen LogP contribution in [0.2, 0.25) is 0 Å². The van der Waals surface area contributed by atoms with Gasteiger partial charge in [-0.15, -0.1) is 0 Å². The van der Waals surface area contributed by atoms with Gasteiger partial charge in [0.1, 0.15) is 6.04 Å². The van der Waals surface area contributed by atoms with Crippen LogP contribution in [-0.2, 0) is 9.30 Å². The topological polar surface area (TPSA) is 111 Å². The molecule has 118 valence electrons. The van der Waals surface area contributed by atoms with Crippen molar-refractivity contribution in [2.45, 2.75) is 31.7 Å². The summed E-state index contributed by atoms with van der Waals surface area (Å²) in [5.74, 6) is 0.554. The lowest BCUT2D eigenvalue weighted by atomic mass is 9.70. The van der Waals surface area contributed by atoms with Crippen molar-refractivity contribution in [3.63, 3.8) is 0 Å². The van der Waals surface area contributed by atoms with Crippen molar-refractivity contribution in [1.82, 2.24) is 4.90 Å². The largest absolute Gasteiger partial charge is 0.453 e. The van der Waals surface area contributed by atoms with Gasteiger partial charge in [-0.05, 0) is 43.4 Å². The molecule has 2 unspecified atom stereocenters. The molecule has 0 aromatic rings. The van der Waals surface area contributed by atoms with E-state index in [0.29, 0.717) is 18.9 Å². The van der Waals surface area contributed by atoms with Crippen LogP contribution in [0.15, 0.2) is 0 Å². The van der Waals surface area contributed by atoms with Gasteiger partial charge >= 0.3 is 13.7 Å². The Morgan fingerprint density at radius 3 is 2.67 bits per heavy atom. The standard InChI is InChI=1S/C13H21N2O5P/c1-20-13(16)15-7-10-3-2-9(8-21(17,18)19)4-11(10)5-12(15)6-14/h9-12H,2-5,7-8H2,1H3,(H2,17,18,19)/t9-,10-,11?,12?/m0/s1. The molecule has 0 radical (unpaired) electrons. The van der Waals surface area contributed by atoms with Gasteiger partial charge in [-0.1, -0.05) is 0 Å². The molecule has 2 N–H and O–H groups in total. The maximum atomic E-state index is 11.7. The number of ether oxygens (including phenoxy) is 1. The second kappa shape index (κ2) is 6.35. The lowest BCUT2D eigenvalue weighted by Crippen LogP contribution is -2.51. The summed E-state index contributed by atoms with van der Waals surface area (Å²) in [7, 11) is -2.68. The third-order valence-electron chi connectivity index (χ3n) is 4.64. The SMILES string of the molecule is COC(=O)N1C[C@@H]2CC[C@H](CP(=O)(O)O)CC2CC1C#N. The van der Waals surface area contributed by atoms with Crippen molar-refractivity contribution >= 4 is 13.7 Å². The minimum atomic E-state index is -3.99. The number of likely N-dealkylation sites (tertiary alicyclic amines) is 1. The molecule has 2 aliphatic rings. The summed E-state index contributed by atoms with van der Waals surface area (Å²) < 4.78 is 15.9. The molecule has 2 rings (SSSR count). The van der Waals surface area contributed by atoms with Crippen LogP contribution in [0.3, 0.4) is 0 Å². The number of piperidine rings is 1. The lowest BCUT2D eigenvalue weighted by molar-refractivity contribution is 0.0388. The Morgan fingerprint density at radius 1 is 1.38 bits per heavy atom. The van der Waals surface area contributed by atoms with E-state index in [1.165, 1.54) is 12.0 Å². The second-order valence-corrected chi connectivity index (χ2v) is 7.74. The Hall–Kier alpha value is -1.09. The lowest BCUT2D eigenvalue weighted by Gasteiger charge is -2.45. The zero-order valence-corrected chi connectivity index (χ0v) is 12.9. The third kappa shape index (κ3) is 3.97. The molecule has 1 saturated heterocycles. The van der Waals surface area contributed by atoms with Crippen LogP contribution in [0.4, 0.5) is 4.79 Å². The summed E-state index contributed by atoms with van der Waals surface area (Å²) in [6.45, 7) is 0.498. The van der Waals surface area contributed by atoms with E-state index in [1.54, 1.807) is 0 Å². The predicted octanol–water partition coefficient (Wildman–Crippen LogP) is 1.56. The van der Waals surface area contributed by atoms with E-state index in [9.17, 15) is 14.6 Å². The van der Waals surface area contributed by atoms with Gasteiger partial charge in [-0.2, -0.15) is 5.26 Å². The molecule has 4 atom stereocenters.